The van der Waals surface area contributed by atoms with Gasteiger partial charge in [-0.05, 0) is 11.8 Å². The molecule has 2 nitrogen and oxygen atoms in total. The average molecular weight is 174 g/mol. The SMILES string of the molecule is CCC(C)COCOCC(C)C. The van der Waals surface area contributed by atoms with Gasteiger partial charge in [0, 0.05) is 0 Å². The van der Waals surface area contributed by atoms with Crippen LogP contribution in [0.4, 0.5) is 0 Å². The van der Waals surface area contributed by atoms with Crippen molar-refractivity contribution in [2.45, 2.75) is 34.1 Å². The monoisotopic (exact) mass is 174 g/mol. The van der Waals surface area contributed by atoms with Crippen molar-refractivity contribution in [2.24, 2.45) is 11.8 Å². The molecule has 0 spiro atoms. The van der Waals surface area contributed by atoms with Gasteiger partial charge in [-0.3, -0.25) is 0 Å². The van der Waals surface area contributed by atoms with Crippen LogP contribution in [0, 0.1) is 11.8 Å². The Bertz CT molecular complexity index is 91.8. The van der Waals surface area contributed by atoms with Gasteiger partial charge in [-0.2, -0.15) is 0 Å². The molecule has 0 N–H and O–H groups in total. The van der Waals surface area contributed by atoms with E-state index in [1.54, 1.807) is 0 Å². The molecule has 0 radical (unpaired) electrons. The summed E-state index contributed by atoms with van der Waals surface area (Å²) in [6.45, 7) is 10.7. The zero-order valence-electron chi connectivity index (χ0n) is 8.80. The van der Waals surface area contributed by atoms with Gasteiger partial charge in [-0.15, -0.1) is 0 Å². The summed E-state index contributed by atoms with van der Waals surface area (Å²) in [4.78, 5) is 0. The number of rotatable bonds is 7. The maximum atomic E-state index is 5.31. The Morgan fingerprint density at radius 1 is 1.00 bits per heavy atom. The second-order valence-corrected chi connectivity index (χ2v) is 3.77. The smallest absolute Gasteiger partial charge is 0.146 e. The zero-order valence-corrected chi connectivity index (χ0v) is 8.80. The third-order valence-electron chi connectivity index (χ3n) is 1.72. The molecule has 0 saturated carbocycles. The molecule has 0 heterocycles. The lowest BCUT2D eigenvalue weighted by Crippen LogP contribution is -2.10. The maximum Gasteiger partial charge on any atom is 0.146 e. The Labute approximate surface area is 76.3 Å². The molecule has 0 aromatic heterocycles. The molecule has 0 aliphatic rings. The van der Waals surface area contributed by atoms with E-state index in [9.17, 15) is 0 Å². The standard InChI is InChI=1S/C10H22O2/c1-5-10(4)7-12-8-11-6-9(2)3/h9-10H,5-8H2,1-4H3. The van der Waals surface area contributed by atoms with Crippen molar-refractivity contribution in [3.05, 3.63) is 0 Å². The number of hydrogen-bond acceptors (Lipinski definition) is 2. The summed E-state index contributed by atoms with van der Waals surface area (Å²) in [7, 11) is 0. The van der Waals surface area contributed by atoms with Crippen molar-refractivity contribution < 1.29 is 9.47 Å². The lowest BCUT2D eigenvalue weighted by molar-refractivity contribution is -0.0702. The first-order valence-electron chi connectivity index (χ1n) is 4.82. The van der Waals surface area contributed by atoms with Gasteiger partial charge in [-0.25, -0.2) is 0 Å². The van der Waals surface area contributed by atoms with E-state index in [0.29, 0.717) is 18.6 Å². The van der Waals surface area contributed by atoms with Crippen LogP contribution in [-0.2, 0) is 9.47 Å². The fourth-order valence-corrected chi connectivity index (χ4v) is 0.710. The van der Waals surface area contributed by atoms with Gasteiger partial charge in [-0.1, -0.05) is 34.1 Å². The summed E-state index contributed by atoms with van der Waals surface area (Å²) < 4.78 is 10.6. The van der Waals surface area contributed by atoms with Crippen LogP contribution in [0.1, 0.15) is 34.1 Å². The summed E-state index contributed by atoms with van der Waals surface area (Å²) in [6.07, 6.45) is 1.17. The van der Waals surface area contributed by atoms with Crippen molar-refractivity contribution in [2.75, 3.05) is 20.0 Å². The summed E-state index contributed by atoms with van der Waals surface area (Å²) in [5, 5.41) is 0. The lowest BCUT2D eigenvalue weighted by atomic mass is 10.1. The molecule has 1 unspecified atom stereocenters. The normalized spacial score (nSPS) is 13.8. The van der Waals surface area contributed by atoms with Gasteiger partial charge in [0.1, 0.15) is 6.79 Å². The Kier molecular flexibility index (Phi) is 7.51. The van der Waals surface area contributed by atoms with E-state index in [2.05, 4.69) is 27.7 Å². The Hall–Kier alpha value is -0.0800. The van der Waals surface area contributed by atoms with Gasteiger partial charge in [0.2, 0.25) is 0 Å². The molecule has 0 rings (SSSR count). The first kappa shape index (κ1) is 11.9. The van der Waals surface area contributed by atoms with Crippen molar-refractivity contribution in [3.63, 3.8) is 0 Å². The summed E-state index contributed by atoms with van der Waals surface area (Å²) in [5.41, 5.74) is 0. The molecule has 0 aliphatic heterocycles. The molecule has 0 amide bonds. The van der Waals surface area contributed by atoms with Crippen LogP contribution in [0.25, 0.3) is 0 Å². The second-order valence-electron chi connectivity index (χ2n) is 3.77. The molecule has 0 fully saturated rings. The molecular formula is C10H22O2. The third-order valence-corrected chi connectivity index (χ3v) is 1.72. The molecule has 0 saturated heterocycles. The van der Waals surface area contributed by atoms with E-state index in [1.165, 1.54) is 6.42 Å². The van der Waals surface area contributed by atoms with E-state index in [-0.39, 0.29) is 0 Å². The van der Waals surface area contributed by atoms with Gasteiger partial charge < -0.3 is 9.47 Å². The fraction of sp³-hybridized carbons (Fsp3) is 1.00. The zero-order chi connectivity index (χ0) is 9.40. The lowest BCUT2D eigenvalue weighted by Gasteiger charge is -2.10. The van der Waals surface area contributed by atoms with Crippen LogP contribution < -0.4 is 0 Å². The average Bonchev–Trinajstić information content (AvgIpc) is 2.03. The highest BCUT2D eigenvalue weighted by atomic mass is 16.7. The Morgan fingerprint density at radius 3 is 2.08 bits per heavy atom. The van der Waals surface area contributed by atoms with E-state index >= 15 is 0 Å². The van der Waals surface area contributed by atoms with Crippen LogP contribution >= 0.6 is 0 Å². The van der Waals surface area contributed by atoms with E-state index in [4.69, 9.17) is 9.47 Å². The minimum atomic E-state index is 0.447. The maximum absolute atomic E-state index is 5.31. The van der Waals surface area contributed by atoms with Gasteiger partial charge >= 0.3 is 0 Å². The van der Waals surface area contributed by atoms with Crippen molar-refractivity contribution in [3.8, 4) is 0 Å². The molecule has 74 valence electrons. The van der Waals surface area contributed by atoms with Crippen LogP contribution in [-0.4, -0.2) is 20.0 Å². The predicted molar refractivity (Wildman–Crippen MR) is 51.1 cm³/mol. The quantitative estimate of drug-likeness (QED) is 0.436. The van der Waals surface area contributed by atoms with Gasteiger partial charge in [0.25, 0.3) is 0 Å². The highest BCUT2D eigenvalue weighted by Gasteiger charge is 1.98. The van der Waals surface area contributed by atoms with Crippen molar-refractivity contribution in [1.29, 1.82) is 0 Å². The Balaban J connectivity index is 3.00. The minimum Gasteiger partial charge on any atom is -0.355 e. The van der Waals surface area contributed by atoms with Crippen LogP contribution in [0.3, 0.4) is 0 Å². The minimum absolute atomic E-state index is 0.447. The first-order valence-corrected chi connectivity index (χ1v) is 4.82. The summed E-state index contributed by atoms with van der Waals surface area (Å²) in [6, 6.07) is 0. The molecule has 12 heavy (non-hydrogen) atoms. The summed E-state index contributed by atoms with van der Waals surface area (Å²) >= 11 is 0. The molecule has 0 aliphatic carbocycles. The predicted octanol–water partition coefficient (Wildman–Crippen LogP) is 2.68. The van der Waals surface area contributed by atoms with Crippen LogP contribution in [0.15, 0.2) is 0 Å². The van der Waals surface area contributed by atoms with Crippen LogP contribution in [0.5, 0.6) is 0 Å². The molecule has 2 heteroatoms. The first-order chi connectivity index (χ1) is 5.66. The fourth-order valence-electron chi connectivity index (χ4n) is 0.710. The Morgan fingerprint density at radius 2 is 1.58 bits per heavy atom. The molecule has 0 bridgehead atoms. The molecule has 0 aromatic carbocycles. The van der Waals surface area contributed by atoms with E-state index < -0.39 is 0 Å². The van der Waals surface area contributed by atoms with Crippen LogP contribution in [0.2, 0.25) is 0 Å². The molecular weight excluding hydrogens is 152 g/mol. The van der Waals surface area contributed by atoms with Gasteiger partial charge in [0.15, 0.2) is 0 Å². The largest absolute Gasteiger partial charge is 0.355 e. The highest BCUT2D eigenvalue weighted by molar-refractivity contribution is 4.44. The van der Waals surface area contributed by atoms with Crippen molar-refractivity contribution >= 4 is 0 Å². The number of ether oxygens (including phenoxy) is 2. The van der Waals surface area contributed by atoms with E-state index in [0.717, 1.165) is 13.2 Å². The molecule has 0 aromatic rings. The topological polar surface area (TPSA) is 18.5 Å². The summed E-state index contributed by atoms with van der Waals surface area (Å²) in [5.74, 6) is 1.24. The third kappa shape index (κ3) is 8.02. The van der Waals surface area contributed by atoms with Gasteiger partial charge in [0.05, 0.1) is 13.2 Å². The van der Waals surface area contributed by atoms with E-state index in [1.807, 2.05) is 0 Å². The number of hydrogen-bond donors (Lipinski definition) is 0. The molecule has 1 atom stereocenters. The van der Waals surface area contributed by atoms with Crippen molar-refractivity contribution in [1.82, 2.24) is 0 Å². The highest BCUT2D eigenvalue weighted by Crippen LogP contribution is 2.00. The second kappa shape index (κ2) is 7.56.